The van der Waals surface area contributed by atoms with Gasteiger partial charge in [-0.1, -0.05) is 18.6 Å². The Hall–Kier alpha value is -1.65. The van der Waals surface area contributed by atoms with Crippen LogP contribution < -0.4 is 0 Å². The van der Waals surface area contributed by atoms with E-state index in [1.165, 1.54) is 21.1 Å². The Morgan fingerprint density at radius 3 is 2.16 bits per heavy atom. The van der Waals surface area contributed by atoms with Crippen molar-refractivity contribution >= 4 is 17.7 Å². The number of carbonyl (C=O) groups excluding carboxylic acids is 3. The quantitative estimate of drug-likeness (QED) is 0.440. The number of ether oxygens (including phenoxy) is 2. The van der Waals surface area contributed by atoms with Crippen molar-refractivity contribution in [3.63, 3.8) is 0 Å². The first-order valence-corrected chi connectivity index (χ1v) is 6.29. The van der Waals surface area contributed by atoms with Gasteiger partial charge < -0.3 is 9.47 Å². The SMILES string of the molecule is CC/C=C1/CC(C(=O)OC)(C(=O)OC)CC1C(C)=O. The number of methoxy groups -OCH3 is 2. The first kappa shape index (κ1) is 15.4. The van der Waals surface area contributed by atoms with E-state index in [0.29, 0.717) is 0 Å². The van der Waals surface area contributed by atoms with Gasteiger partial charge in [0, 0.05) is 5.92 Å². The van der Waals surface area contributed by atoms with Crippen LogP contribution in [0.2, 0.25) is 0 Å². The summed E-state index contributed by atoms with van der Waals surface area (Å²) in [7, 11) is 2.47. The van der Waals surface area contributed by atoms with Gasteiger partial charge in [-0.15, -0.1) is 0 Å². The number of allylic oxidation sites excluding steroid dienone is 2. The zero-order chi connectivity index (χ0) is 14.6. The Balaban J connectivity index is 3.23. The molecule has 1 aliphatic carbocycles. The molecule has 0 bridgehead atoms. The third-order valence-corrected chi connectivity index (χ3v) is 3.62. The molecule has 0 N–H and O–H groups in total. The maximum Gasteiger partial charge on any atom is 0.323 e. The van der Waals surface area contributed by atoms with Crippen LogP contribution >= 0.6 is 0 Å². The first-order chi connectivity index (χ1) is 8.92. The fourth-order valence-corrected chi connectivity index (χ4v) is 2.69. The van der Waals surface area contributed by atoms with Crippen LogP contribution in [0, 0.1) is 11.3 Å². The molecule has 0 saturated heterocycles. The monoisotopic (exact) mass is 268 g/mol. The molecule has 0 heterocycles. The van der Waals surface area contributed by atoms with Gasteiger partial charge in [-0.25, -0.2) is 0 Å². The molecule has 1 saturated carbocycles. The van der Waals surface area contributed by atoms with E-state index in [4.69, 9.17) is 9.47 Å². The van der Waals surface area contributed by atoms with Crippen LogP contribution in [0.4, 0.5) is 0 Å². The highest BCUT2D eigenvalue weighted by Gasteiger charge is 2.56. The molecule has 0 aliphatic heterocycles. The molecule has 1 atom stereocenters. The molecule has 0 spiro atoms. The summed E-state index contributed by atoms with van der Waals surface area (Å²) >= 11 is 0. The van der Waals surface area contributed by atoms with Crippen molar-refractivity contribution in [1.82, 2.24) is 0 Å². The van der Waals surface area contributed by atoms with Gasteiger partial charge >= 0.3 is 11.9 Å². The predicted molar refractivity (Wildman–Crippen MR) is 68.2 cm³/mol. The van der Waals surface area contributed by atoms with E-state index in [2.05, 4.69) is 0 Å². The number of hydrogen-bond acceptors (Lipinski definition) is 5. The molecule has 5 nitrogen and oxygen atoms in total. The van der Waals surface area contributed by atoms with Gasteiger partial charge in [0.1, 0.15) is 5.78 Å². The van der Waals surface area contributed by atoms with Crippen molar-refractivity contribution in [2.75, 3.05) is 14.2 Å². The lowest BCUT2D eigenvalue weighted by atomic mass is 9.84. The Morgan fingerprint density at radius 1 is 1.26 bits per heavy atom. The van der Waals surface area contributed by atoms with Crippen molar-refractivity contribution in [3.05, 3.63) is 11.6 Å². The topological polar surface area (TPSA) is 69.7 Å². The van der Waals surface area contributed by atoms with Crippen molar-refractivity contribution in [2.24, 2.45) is 11.3 Å². The van der Waals surface area contributed by atoms with E-state index in [1.54, 1.807) is 0 Å². The van der Waals surface area contributed by atoms with Crippen LogP contribution in [0.3, 0.4) is 0 Å². The lowest BCUT2D eigenvalue weighted by molar-refractivity contribution is -0.168. The lowest BCUT2D eigenvalue weighted by Crippen LogP contribution is -2.39. The number of hydrogen-bond donors (Lipinski definition) is 0. The molecular weight excluding hydrogens is 248 g/mol. The fourth-order valence-electron chi connectivity index (χ4n) is 2.69. The molecule has 5 heteroatoms. The van der Waals surface area contributed by atoms with E-state index in [1.807, 2.05) is 13.0 Å². The van der Waals surface area contributed by atoms with E-state index in [0.717, 1.165) is 12.0 Å². The minimum atomic E-state index is -1.37. The smallest absolute Gasteiger partial charge is 0.323 e. The number of rotatable bonds is 4. The van der Waals surface area contributed by atoms with Crippen LogP contribution in [0.1, 0.15) is 33.1 Å². The highest BCUT2D eigenvalue weighted by molar-refractivity contribution is 6.02. The summed E-state index contributed by atoms with van der Waals surface area (Å²) in [5, 5.41) is 0. The summed E-state index contributed by atoms with van der Waals surface area (Å²) in [6.45, 7) is 3.42. The van der Waals surface area contributed by atoms with Crippen LogP contribution in [0.5, 0.6) is 0 Å². The van der Waals surface area contributed by atoms with Crippen molar-refractivity contribution in [2.45, 2.75) is 33.1 Å². The molecule has 106 valence electrons. The summed E-state index contributed by atoms with van der Waals surface area (Å²) < 4.78 is 9.47. The molecule has 1 unspecified atom stereocenters. The summed E-state index contributed by atoms with van der Waals surface area (Å²) in [4.78, 5) is 35.7. The maximum atomic E-state index is 12.0. The molecule has 1 rings (SSSR count). The van der Waals surface area contributed by atoms with Crippen LogP contribution in [0.15, 0.2) is 11.6 Å². The number of Topliss-reactive ketones (excluding diaryl/α,β-unsaturated/α-hetero) is 1. The first-order valence-electron chi connectivity index (χ1n) is 6.29. The number of ketones is 1. The van der Waals surface area contributed by atoms with Gasteiger partial charge in [0.15, 0.2) is 5.41 Å². The zero-order valence-electron chi connectivity index (χ0n) is 11.8. The van der Waals surface area contributed by atoms with Gasteiger partial charge in [-0.05, 0) is 26.2 Å². The molecule has 0 radical (unpaired) electrons. The normalized spacial score (nSPS) is 23.2. The summed E-state index contributed by atoms with van der Waals surface area (Å²) in [6.07, 6.45) is 2.98. The van der Waals surface area contributed by atoms with E-state index in [-0.39, 0.29) is 18.6 Å². The second-order valence-corrected chi connectivity index (χ2v) is 4.80. The van der Waals surface area contributed by atoms with E-state index in [9.17, 15) is 14.4 Å². The lowest BCUT2D eigenvalue weighted by Gasteiger charge is -2.22. The molecule has 0 aromatic rings. The van der Waals surface area contributed by atoms with Crippen LogP contribution in [0.25, 0.3) is 0 Å². The largest absolute Gasteiger partial charge is 0.468 e. The third-order valence-electron chi connectivity index (χ3n) is 3.62. The van der Waals surface area contributed by atoms with Gasteiger partial charge in [-0.2, -0.15) is 0 Å². The summed E-state index contributed by atoms with van der Waals surface area (Å²) in [6, 6.07) is 0. The Labute approximate surface area is 112 Å². The van der Waals surface area contributed by atoms with E-state index >= 15 is 0 Å². The minimum Gasteiger partial charge on any atom is -0.468 e. The van der Waals surface area contributed by atoms with Crippen molar-refractivity contribution in [1.29, 1.82) is 0 Å². The van der Waals surface area contributed by atoms with Crippen molar-refractivity contribution < 1.29 is 23.9 Å². The van der Waals surface area contributed by atoms with E-state index < -0.39 is 23.3 Å². The van der Waals surface area contributed by atoms with Crippen molar-refractivity contribution in [3.8, 4) is 0 Å². The van der Waals surface area contributed by atoms with Gasteiger partial charge in [-0.3, -0.25) is 14.4 Å². The highest BCUT2D eigenvalue weighted by Crippen LogP contribution is 2.47. The van der Waals surface area contributed by atoms with Gasteiger partial charge in [0.25, 0.3) is 0 Å². The molecular formula is C14H20O5. The average Bonchev–Trinajstić information content (AvgIpc) is 2.78. The highest BCUT2D eigenvalue weighted by atomic mass is 16.5. The van der Waals surface area contributed by atoms with Gasteiger partial charge in [0.05, 0.1) is 14.2 Å². The minimum absolute atomic E-state index is 0.0469. The third kappa shape index (κ3) is 2.69. The van der Waals surface area contributed by atoms with Gasteiger partial charge in [0.2, 0.25) is 0 Å². The van der Waals surface area contributed by atoms with Crippen LogP contribution in [-0.4, -0.2) is 31.9 Å². The molecule has 0 aromatic heterocycles. The fraction of sp³-hybridized carbons (Fsp3) is 0.643. The number of esters is 2. The summed E-state index contributed by atoms with van der Waals surface area (Å²) in [5.74, 6) is -1.72. The molecule has 0 aromatic carbocycles. The number of carbonyl (C=O) groups is 3. The second-order valence-electron chi connectivity index (χ2n) is 4.80. The second kappa shape index (κ2) is 5.99. The maximum absolute atomic E-state index is 12.0. The molecule has 1 fully saturated rings. The summed E-state index contributed by atoms with van der Waals surface area (Å²) in [5.41, 5.74) is -0.549. The molecule has 1 aliphatic rings. The Kier molecular flexibility index (Phi) is 4.86. The molecule has 0 amide bonds. The standard InChI is InChI=1S/C14H20O5/c1-5-6-10-7-14(12(16)18-3,13(17)19-4)8-11(10)9(2)15/h6,11H,5,7-8H2,1-4H3/b10-6-. The molecule has 19 heavy (non-hydrogen) atoms. The Morgan fingerprint density at radius 2 is 1.79 bits per heavy atom. The predicted octanol–water partition coefficient (Wildman–Crippen LogP) is 1.65. The average molecular weight is 268 g/mol. The Bertz CT molecular complexity index is 406. The zero-order valence-corrected chi connectivity index (χ0v) is 11.8. The van der Waals surface area contributed by atoms with Crippen LogP contribution in [-0.2, 0) is 23.9 Å².